The molecule has 3 atom stereocenters. The van der Waals surface area contributed by atoms with Crippen molar-refractivity contribution in [3.05, 3.63) is 71.9 Å². The van der Waals surface area contributed by atoms with Gasteiger partial charge in [-0.1, -0.05) is 118 Å². The van der Waals surface area contributed by atoms with Crippen molar-refractivity contribution in [1.29, 1.82) is 0 Å². The van der Waals surface area contributed by atoms with Crippen LogP contribution >= 0.6 is 0 Å². The molecule has 1 fully saturated rings. The highest BCUT2D eigenvalue weighted by Gasteiger charge is 2.20. The van der Waals surface area contributed by atoms with Gasteiger partial charge >= 0.3 is 0 Å². The summed E-state index contributed by atoms with van der Waals surface area (Å²) >= 11 is 0. The lowest BCUT2D eigenvalue weighted by Crippen LogP contribution is -2.31. The van der Waals surface area contributed by atoms with Crippen LogP contribution in [0.25, 0.3) is 0 Å². The molecule has 0 heterocycles. The van der Waals surface area contributed by atoms with Gasteiger partial charge in [0.05, 0.1) is 0 Å². The van der Waals surface area contributed by atoms with Crippen molar-refractivity contribution in [2.24, 2.45) is 17.6 Å². The van der Waals surface area contributed by atoms with Crippen LogP contribution in [-0.4, -0.2) is 6.04 Å². The highest BCUT2D eigenvalue weighted by Crippen LogP contribution is 2.28. The fraction of sp³-hybridized carbons (Fsp3) is 0.538. The van der Waals surface area contributed by atoms with Gasteiger partial charge in [0.1, 0.15) is 0 Å². The van der Waals surface area contributed by atoms with Crippen LogP contribution in [0.5, 0.6) is 0 Å². The second kappa shape index (κ2) is 12.7. The van der Waals surface area contributed by atoms with Crippen molar-refractivity contribution in [3.63, 3.8) is 0 Å². The van der Waals surface area contributed by atoms with E-state index in [9.17, 15) is 0 Å². The van der Waals surface area contributed by atoms with Gasteiger partial charge in [-0.05, 0) is 37.2 Å². The van der Waals surface area contributed by atoms with Gasteiger partial charge in [-0.3, -0.25) is 0 Å². The molecule has 1 nitrogen and oxygen atoms in total. The topological polar surface area (TPSA) is 26.0 Å². The predicted octanol–water partition coefficient (Wildman–Crippen LogP) is 7.20. The Morgan fingerprint density at radius 2 is 1.30 bits per heavy atom. The first-order valence-electron chi connectivity index (χ1n) is 11.0. The fourth-order valence-corrected chi connectivity index (χ4v) is 4.09. The molecule has 0 aromatic rings. The van der Waals surface area contributed by atoms with Crippen LogP contribution < -0.4 is 5.73 Å². The smallest absolute Gasteiger partial charge is 0.0323 e. The summed E-state index contributed by atoms with van der Waals surface area (Å²) in [5, 5.41) is 0. The molecule has 2 N–H and O–H groups in total. The summed E-state index contributed by atoms with van der Waals surface area (Å²) < 4.78 is 0. The highest BCUT2D eigenvalue weighted by molar-refractivity contribution is 5.35. The predicted molar refractivity (Wildman–Crippen MR) is 121 cm³/mol. The Morgan fingerprint density at radius 3 is 2.04 bits per heavy atom. The van der Waals surface area contributed by atoms with E-state index in [0.29, 0.717) is 5.92 Å². The lowest BCUT2D eigenvalue weighted by Gasteiger charge is -2.25. The quantitative estimate of drug-likeness (QED) is 0.550. The summed E-state index contributed by atoms with van der Waals surface area (Å²) in [6.07, 6.45) is 33.3. The molecular weight excluding hydrogens is 326 g/mol. The van der Waals surface area contributed by atoms with Crippen LogP contribution in [0.2, 0.25) is 0 Å². The molecule has 2 aliphatic rings. The van der Waals surface area contributed by atoms with Gasteiger partial charge in [0.25, 0.3) is 0 Å². The third-order valence-electron chi connectivity index (χ3n) is 5.93. The minimum Gasteiger partial charge on any atom is -0.324 e. The molecule has 0 amide bonds. The van der Waals surface area contributed by atoms with Crippen molar-refractivity contribution >= 4 is 0 Å². The van der Waals surface area contributed by atoms with E-state index in [1.165, 1.54) is 68.9 Å². The molecule has 2 rings (SSSR count). The number of nitrogens with two attached hydrogens (primary N) is 1. The van der Waals surface area contributed by atoms with E-state index in [4.69, 9.17) is 5.73 Å². The zero-order valence-electron chi connectivity index (χ0n) is 17.4. The van der Waals surface area contributed by atoms with Crippen LogP contribution in [0.4, 0.5) is 0 Å². The summed E-state index contributed by atoms with van der Waals surface area (Å²) in [4.78, 5) is 0. The van der Waals surface area contributed by atoms with E-state index < -0.39 is 0 Å². The Hall–Kier alpha value is -1.60. The average Bonchev–Trinajstić information content (AvgIpc) is 2.70. The third-order valence-corrected chi connectivity index (χ3v) is 5.93. The average molecular weight is 366 g/mol. The molecule has 0 aromatic carbocycles. The molecule has 27 heavy (non-hydrogen) atoms. The van der Waals surface area contributed by atoms with Gasteiger partial charge in [-0.2, -0.15) is 0 Å². The molecule has 3 unspecified atom stereocenters. The maximum Gasteiger partial charge on any atom is 0.0323 e. The maximum absolute atomic E-state index is 6.82. The minimum atomic E-state index is 0.124. The maximum atomic E-state index is 6.82. The van der Waals surface area contributed by atoms with Gasteiger partial charge in [-0.15, -0.1) is 0 Å². The molecule has 0 saturated heterocycles. The Labute approximate surface area is 167 Å². The lowest BCUT2D eigenvalue weighted by molar-refractivity contribution is 0.373. The van der Waals surface area contributed by atoms with E-state index >= 15 is 0 Å². The van der Waals surface area contributed by atoms with Crippen LogP contribution in [0.1, 0.15) is 71.6 Å². The Kier molecular flexibility index (Phi) is 10.2. The first-order valence-corrected chi connectivity index (χ1v) is 11.0. The lowest BCUT2D eigenvalue weighted by atomic mass is 9.84. The Morgan fingerprint density at radius 1 is 0.741 bits per heavy atom. The largest absolute Gasteiger partial charge is 0.324 e. The van der Waals surface area contributed by atoms with E-state index in [1.807, 2.05) is 0 Å². The highest BCUT2D eigenvalue weighted by atomic mass is 14.7. The van der Waals surface area contributed by atoms with Crippen molar-refractivity contribution < 1.29 is 0 Å². The molecule has 148 valence electrons. The van der Waals surface area contributed by atoms with Crippen molar-refractivity contribution in [1.82, 2.24) is 0 Å². The monoisotopic (exact) mass is 365 g/mol. The molecule has 0 aliphatic heterocycles. The summed E-state index contributed by atoms with van der Waals surface area (Å²) in [6.45, 7) is 4.57. The number of rotatable bonds is 2. The molecule has 0 bridgehead atoms. The van der Waals surface area contributed by atoms with Crippen molar-refractivity contribution in [2.45, 2.75) is 77.7 Å². The Bertz CT molecular complexity index is 600. The van der Waals surface area contributed by atoms with Crippen molar-refractivity contribution in [3.8, 4) is 0 Å². The second-order valence-corrected chi connectivity index (χ2v) is 8.38. The zero-order valence-corrected chi connectivity index (χ0v) is 17.4. The van der Waals surface area contributed by atoms with Crippen LogP contribution in [0.15, 0.2) is 71.9 Å². The minimum absolute atomic E-state index is 0.124. The molecule has 0 radical (unpaired) electrons. The standard InChI is InChI=1S/C26H39N/c1-22-14-9-7-11-17-24(19-13-12-16-22)26(27)25-18-10-6-4-3-5-8-15-23(2)20-21-25/h3-6,8,10,15,18,20-22,24,26H,7,9,11-14,16-17,19,27H2,1-2H3/b4-3?,5-3-,6-4-,8-5?,10-6?,15-8-,18-10-,21-20?,23-15?,23-20-,25-18?,25-21+. The SMILES string of the molecule is CC1=C/C=C(C(N)C2CCCCCC(C)CCCC2)\C=C/C=C\C=C/C=C\1. The molecule has 1 heteroatoms. The molecular formula is C26H39N. The van der Waals surface area contributed by atoms with Gasteiger partial charge < -0.3 is 5.73 Å². The van der Waals surface area contributed by atoms with Gasteiger partial charge in [-0.25, -0.2) is 0 Å². The number of allylic oxidation sites excluding steroid dienone is 10. The summed E-state index contributed by atoms with van der Waals surface area (Å²) in [6, 6.07) is 0.124. The third kappa shape index (κ3) is 8.75. The van der Waals surface area contributed by atoms with E-state index in [2.05, 4.69) is 74.6 Å². The fourth-order valence-electron chi connectivity index (χ4n) is 4.09. The van der Waals surface area contributed by atoms with Gasteiger partial charge in [0.15, 0.2) is 0 Å². The van der Waals surface area contributed by atoms with Crippen molar-refractivity contribution in [2.75, 3.05) is 0 Å². The molecule has 0 spiro atoms. The van der Waals surface area contributed by atoms with E-state index in [1.54, 1.807) is 0 Å². The Balaban J connectivity index is 2.12. The first-order chi connectivity index (χ1) is 13.2. The first kappa shape index (κ1) is 21.7. The normalized spacial score (nSPS) is 35.5. The van der Waals surface area contributed by atoms with Gasteiger partial charge in [0.2, 0.25) is 0 Å². The van der Waals surface area contributed by atoms with Crippen LogP contribution in [0.3, 0.4) is 0 Å². The molecule has 0 aromatic heterocycles. The zero-order chi connectivity index (χ0) is 19.3. The second-order valence-electron chi connectivity index (χ2n) is 8.38. The van der Waals surface area contributed by atoms with Crippen LogP contribution in [-0.2, 0) is 0 Å². The number of hydrogen-bond acceptors (Lipinski definition) is 1. The van der Waals surface area contributed by atoms with Crippen LogP contribution in [0, 0.1) is 11.8 Å². The summed E-state index contributed by atoms with van der Waals surface area (Å²) in [5.41, 5.74) is 9.32. The van der Waals surface area contributed by atoms with Gasteiger partial charge in [0, 0.05) is 6.04 Å². The molecule has 2 aliphatic carbocycles. The van der Waals surface area contributed by atoms with E-state index in [-0.39, 0.29) is 6.04 Å². The number of hydrogen-bond donors (Lipinski definition) is 1. The molecule has 1 saturated carbocycles. The summed E-state index contributed by atoms with van der Waals surface area (Å²) in [5.74, 6) is 1.49. The summed E-state index contributed by atoms with van der Waals surface area (Å²) in [7, 11) is 0. The van der Waals surface area contributed by atoms with E-state index in [0.717, 1.165) is 5.92 Å².